The lowest BCUT2D eigenvalue weighted by atomic mass is 10.1. The summed E-state index contributed by atoms with van der Waals surface area (Å²) in [7, 11) is 1.55. The average Bonchev–Trinajstić information content (AvgIpc) is 2.19. The van der Waals surface area contributed by atoms with Crippen molar-refractivity contribution in [3.63, 3.8) is 0 Å². The minimum Gasteiger partial charge on any atom is -0.496 e. The molecular formula is C9H11BrClNO2. The Morgan fingerprint density at radius 3 is 2.79 bits per heavy atom. The van der Waals surface area contributed by atoms with Gasteiger partial charge >= 0.3 is 0 Å². The maximum atomic E-state index is 8.94. The zero-order valence-corrected chi connectivity index (χ0v) is 9.97. The summed E-state index contributed by atoms with van der Waals surface area (Å²) in [6.07, 6.45) is 0. The van der Waals surface area contributed by atoms with Crippen molar-refractivity contribution < 1.29 is 9.84 Å². The van der Waals surface area contributed by atoms with E-state index in [2.05, 4.69) is 15.9 Å². The second-order valence-electron chi connectivity index (χ2n) is 2.80. The Hall–Kier alpha value is -0.290. The van der Waals surface area contributed by atoms with Gasteiger partial charge in [-0.15, -0.1) is 0 Å². The maximum absolute atomic E-state index is 8.94. The molecule has 0 fully saturated rings. The molecule has 0 aromatic heterocycles. The third-order valence-electron chi connectivity index (χ3n) is 1.85. The Morgan fingerprint density at radius 2 is 2.29 bits per heavy atom. The number of aliphatic hydroxyl groups is 1. The van der Waals surface area contributed by atoms with E-state index < -0.39 is 6.04 Å². The number of nitrogens with two attached hydrogens (primary N) is 1. The van der Waals surface area contributed by atoms with Crippen LogP contribution in [0.25, 0.3) is 0 Å². The largest absolute Gasteiger partial charge is 0.496 e. The normalized spacial score (nSPS) is 12.6. The van der Waals surface area contributed by atoms with Gasteiger partial charge in [-0.05, 0) is 33.6 Å². The van der Waals surface area contributed by atoms with Crippen LogP contribution < -0.4 is 10.5 Å². The van der Waals surface area contributed by atoms with E-state index in [1.165, 1.54) is 0 Å². The van der Waals surface area contributed by atoms with Crippen molar-refractivity contribution in [1.82, 2.24) is 0 Å². The van der Waals surface area contributed by atoms with Crippen molar-refractivity contribution in [2.75, 3.05) is 13.7 Å². The van der Waals surface area contributed by atoms with Gasteiger partial charge in [0.15, 0.2) is 0 Å². The number of rotatable bonds is 3. The summed E-state index contributed by atoms with van der Waals surface area (Å²) in [5.41, 5.74) is 6.43. The van der Waals surface area contributed by atoms with Crippen molar-refractivity contribution >= 4 is 27.5 Å². The van der Waals surface area contributed by atoms with Gasteiger partial charge in [0, 0.05) is 5.02 Å². The van der Waals surface area contributed by atoms with Gasteiger partial charge in [0.1, 0.15) is 5.75 Å². The standard InChI is InChI=1S/C9H11BrClNO2/c1-14-8-3-5(11)2-6(9(8)10)7(12)4-13/h2-3,7,13H,4,12H2,1H3. The van der Waals surface area contributed by atoms with Gasteiger partial charge in [0.2, 0.25) is 0 Å². The summed E-state index contributed by atoms with van der Waals surface area (Å²) in [4.78, 5) is 0. The fourth-order valence-corrected chi connectivity index (χ4v) is 2.00. The van der Waals surface area contributed by atoms with E-state index in [-0.39, 0.29) is 6.61 Å². The van der Waals surface area contributed by atoms with Crippen molar-refractivity contribution in [2.24, 2.45) is 5.73 Å². The number of hydrogen-bond acceptors (Lipinski definition) is 3. The molecule has 1 aromatic rings. The molecule has 1 aromatic carbocycles. The zero-order valence-electron chi connectivity index (χ0n) is 7.63. The number of hydrogen-bond donors (Lipinski definition) is 2. The highest BCUT2D eigenvalue weighted by Crippen LogP contribution is 2.34. The first-order valence-corrected chi connectivity index (χ1v) is 5.16. The molecule has 1 unspecified atom stereocenters. The first kappa shape index (κ1) is 11.8. The van der Waals surface area contributed by atoms with Crippen LogP contribution in [0.15, 0.2) is 16.6 Å². The number of halogens is 2. The van der Waals surface area contributed by atoms with Crippen LogP contribution in [0.1, 0.15) is 11.6 Å². The summed E-state index contributed by atoms with van der Waals surface area (Å²) < 4.78 is 5.82. The second-order valence-corrected chi connectivity index (χ2v) is 4.03. The van der Waals surface area contributed by atoms with E-state index in [9.17, 15) is 0 Å². The Kier molecular flexibility index (Phi) is 4.19. The number of methoxy groups -OCH3 is 1. The third-order valence-corrected chi connectivity index (χ3v) is 2.92. The number of aliphatic hydroxyl groups excluding tert-OH is 1. The quantitative estimate of drug-likeness (QED) is 0.891. The van der Waals surface area contributed by atoms with E-state index in [1.807, 2.05) is 0 Å². The van der Waals surface area contributed by atoms with Crippen molar-refractivity contribution in [3.05, 3.63) is 27.2 Å². The molecule has 14 heavy (non-hydrogen) atoms. The predicted octanol–water partition coefficient (Wildman–Crippen LogP) is 2.10. The van der Waals surface area contributed by atoms with Crippen molar-refractivity contribution in [1.29, 1.82) is 0 Å². The fraction of sp³-hybridized carbons (Fsp3) is 0.333. The van der Waals surface area contributed by atoms with E-state index in [0.29, 0.717) is 10.8 Å². The highest BCUT2D eigenvalue weighted by atomic mass is 79.9. The van der Waals surface area contributed by atoms with E-state index in [1.54, 1.807) is 19.2 Å². The smallest absolute Gasteiger partial charge is 0.134 e. The molecule has 0 heterocycles. The molecule has 0 radical (unpaired) electrons. The SMILES string of the molecule is COc1cc(Cl)cc(C(N)CO)c1Br. The molecule has 0 spiro atoms. The van der Waals surface area contributed by atoms with Crippen molar-refractivity contribution in [2.45, 2.75) is 6.04 Å². The second kappa shape index (κ2) is 4.98. The highest BCUT2D eigenvalue weighted by Gasteiger charge is 2.13. The molecule has 0 saturated carbocycles. The van der Waals surface area contributed by atoms with Crippen LogP contribution in [0.4, 0.5) is 0 Å². The Labute approximate surface area is 95.9 Å². The Bertz CT molecular complexity index is 333. The molecule has 3 N–H and O–H groups in total. The lowest BCUT2D eigenvalue weighted by Gasteiger charge is -2.14. The van der Waals surface area contributed by atoms with Gasteiger partial charge < -0.3 is 15.6 Å². The number of benzene rings is 1. The van der Waals surface area contributed by atoms with E-state index in [0.717, 1.165) is 10.0 Å². The molecular weight excluding hydrogens is 269 g/mol. The minimum atomic E-state index is -0.461. The van der Waals surface area contributed by atoms with Crippen LogP contribution in [0.2, 0.25) is 5.02 Å². The van der Waals surface area contributed by atoms with Gasteiger partial charge in [0.05, 0.1) is 24.2 Å². The molecule has 0 saturated heterocycles. The van der Waals surface area contributed by atoms with Crippen LogP contribution in [0, 0.1) is 0 Å². The van der Waals surface area contributed by atoms with E-state index >= 15 is 0 Å². The Morgan fingerprint density at radius 1 is 1.64 bits per heavy atom. The predicted molar refractivity (Wildman–Crippen MR) is 59.7 cm³/mol. The molecule has 0 aliphatic heterocycles. The third kappa shape index (κ3) is 2.39. The van der Waals surface area contributed by atoms with Gasteiger partial charge in [-0.25, -0.2) is 0 Å². The minimum absolute atomic E-state index is 0.137. The lowest BCUT2D eigenvalue weighted by Crippen LogP contribution is -2.15. The summed E-state index contributed by atoms with van der Waals surface area (Å²) in [5, 5.41) is 9.47. The molecule has 5 heteroatoms. The molecule has 78 valence electrons. The van der Waals surface area contributed by atoms with E-state index in [4.69, 9.17) is 27.2 Å². The molecule has 0 amide bonds. The summed E-state index contributed by atoms with van der Waals surface area (Å²) in [5.74, 6) is 0.608. The average molecular weight is 281 g/mol. The van der Waals surface area contributed by atoms with Crippen LogP contribution in [-0.2, 0) is 0 Å². The molecule has 0 bridgehead atoms. The summed E-state index contributed by atoms with van der Waals surface area (Å²) in [6.45, 7) is -0.137. The van der Waals surface area contributed by atoms with Crippen molar-refractivity contribution in [3.8, 4) is 5.75 Å². The molecule has 1 rings (SSSR count). The summed E-state index contributed by atoms with van der Waals surface area (Å²) >= 11 is 9.21. The Balaban J connectivity index is 3.21. The zero-order chi connectivity index (χ0) is 10.7. The van der Waals surface area contributed by atoms with Crippen LogP contribution >= 0.6 is 27.5 Å². The first-order valence-electron chi connectivity index (χ1n) is 3.99. The molecule has 0 aliphatic rings. The topological polar surface area (TPSA) is 55.5 Å². The van der Waals surface area contributed by atoms with Gasteiger partial charge in [-0.1, -0.05) is 11.6 Å². The van der Waals surface area contributed by atoms with Gasteiger partial charge in [-0.2, -0.15) is 0 Å². The molecule has 3 nitrogen and oxygen atoms in total. The fourth-order valence-electron chi connectivity index (χ4n) is 1.10. The van der Waals surface area contributed by atoms with Crippen LogP contribution in [-0.4, -0.2) is 18.8 Å². The van der Waals surface area contributed by atoms with Crippen LogP contribution in [0.5, 0.6) is 5.75 Å². The lowest BCUT2D eigenvalue weighted by molar-refractivity contribution is 0.267. The first-order chi connectivity index (χ1) is 6.60. The van der Waals surface area contributed by atoms with Gasteiger partial charge in [-0.3, -0.25) is 0 Å². The summed E-state index contributed by atoms with van der Waals surface area (Å²) in [6, 6.07) is 2.92. The van der Waals surface area contributed by atoms with Gasteiger partial charge in [0.25, 0.3) is 0 Å². The maximum Gasteiger partial charge on any atom is 0.134 e. The highest BCUT2D eigenvalue weighted by molar-refractivity contribution is 9.10. The molecule has 0 aliphatic carbocycles. The monoisotopic (exact) mass is 279 g/mol. The molecule has 1 atom stereocenters. The number of ether oxygens (including phenoxy) is 1. The van der Waals surface area contributed by atoms with Crippen LogP contribution in [0.3, 0.4) is 0 Å².